The lowest BCUT2D eigenvalue weighted by Gasteiger charge is -2.27. The van der Waals surface area contributed by atoms with Crippen LogP contribution in [0.15, 0.2) is 18.3 Å². The highest BCUT2D eigenvalue weighted by Crippen LogP contribution is 2.29. The van der Waals surface area contributed by atoms with Crippen LogP contribution in [0.25, 0.3) is 0 Å². The van der Waals surface area contributed by atoms with Gasteiger partial charge in [0.25, 0.3) is 5.91 Å². The van der Waals surface area contributed by atoms with E-state index < -0.39 is 0 Å². The van der Waals surface area contributed by atoms with Crippen LogP contribution in [-0.2, 0) is 6.54 Å². The van der Waals surface area contributed by atoms with Crippen LogP contribution in [0.3, 0.4) is 0 Å². The molecule has 0 bridgehead atoms. The summed E-state index contributed by atoms with van der Waals surface area (Å²) in [5.74, 6) is 0.825. The van der Waals surface area contributed by atoms with E-state index in [0.29, 0.717) is 12.2 Å². The van der Waals surface area contributed by atoms with E-state index in [1.165, 1.54) is 19.3 Å². The van der Waals surface area contributed by atoms with Gasteiger partial charge >= 0.3 is 0 Å². The van der Waals surface area contributed by atoms with Gasteiger partial charge in [0, 0.05) is 26.3 Å². The summed E-state index contributed by atoms with van der Waals surface area (Å²) in [5.41, 5.74) is 6.95. The number of hydrogen-bond acceptors (Lipinski definition) is 3. The lowest BCUT2D eigenvalue weighted by molar-refractivity contribution is 0.0773. The molecular weight excluding hydrogens is 226 g/mol. The molecule has 1 aliphatic carbocycles. The lowest BCUT2D eigenvalue weighted by atomic mass is 9.83. The minimum Gasteiger partial charge on any atom is -0.340 e. The van der Waals surface area contributed by atoms with Crippen molar-refractivity contribution >= 4 is 5.91 Å². The van der Waals surface area contributed by atoms with Gasteiger partial charge in [0.1, 0.15) is 5.69 Å². The van der Waals surface area contributed by atoms with E-state index in [1.54, 1.807) is 17.2 Å². The molecule has 4 nitrogen and oxygen atoms in total. The summed E-state index contributed by atoms with van der Waals surface area (Å²) in [7, 11) is 1.85. The standard InChI is InChI=1S/C14H21N3O/c1-17(8-7-11-3-2-4-11)14(18)13-6-5-12(9-15)10-16-13/h5-6,10-11H,2-4,7-9,15H2,1H3. The molecule has 1 saturated carbocycles. The Bertz CT molecular complexity index is 398. The van der Waals surface area contributed by atoms with Crippen LogP contribution in [0.5, 0.6) is 0 Å². The predicted octanol–water partition coefficient (Wildman–Crippen LogP) is 1.80. The molecule has 0 radical (unpaired) electrons. The molecule has 1 heterocycles. The van der Waals surface area contributed by atoms with Crippen LogP contribution in [0, 0.1) is 5.92 Å². The van der Waals surface area contributed by atoms with Gasteiger partial charge in [0.2, 0.25) is 0 Å². The quantitative estimate of drug-likeness (QED) is 0.863. The summed E-state index contributed by atoms with van der Waals surface area (Å²) in [4.78, 5) is 18.0. The van der Waals surface area contributed by atoms with Gasteiger partial charge in [-0.25, -0.2) is 0 Å². The summed E-state index contributed by atoms with van der Waals surface area (Å²) in [5, 5.41) is 0. The van der Waals surface area contributed by atoms with E-state index in [9.17, 15) is 4.79 Å². The number of carbonyl (C=O) groups excluding carboxylic acids is 1. The van der Waals surface area contributed by atoms with Gasteiger partial charge in [-0.2, -0.15) is 0 Å². The summed E-state index contributed by atoms with van der Waals surface area (Å²) in [6.45, 7) is 1.28. The Kier molecular flexibility index (Phi) is 4.31. The summed E-state index contributed by atoms with van der Waals surface area (Å²) in [6, 6.07) is 3.62. The van der Waals surface area contributed by atoms with Gasteiger partial charge in [-0.3, -0.25) is 9.78 Å². The zero-order valence-electron chi connectivity index (χ0n) is 10.9. The van der Waals surface area contributed by atoms with Gasteiger partial charge in [0.15, 0.2) is 0 Å². The van der Waals surface area contributed by atoms with Gasteiger partial charge in [-0.1, -0.05) is 25.3 Å². The molecule has 0 aromatic carbocycles. The van der Waals surface area contributed by atoms with Crippen LogP contribution < -0.4 is 5.73 Å². The second-order valence-electron chi connectivity index (χ2n) is 5.07. The highest BCUT2D eigenvalue weighted by atomic mass is 16.2. The smallest absolute Gasteiger partial charge is 0.272 e. The SMILES string of the molecule is CN(CCC1CCC1)C(=O)c1ccc(CN)cn1. The third-order valence-corrected chi connectivity index (χ3v) is 3.72. The molecule has 98 valence electrons. The zero-order chi connectivity index (χ0) is 13.0. The van der Waals surface area contributed by atoms with E-state index in [-0.39, 0.29) is 5.91 Å². The van der Waals surface area contributed by atoms with Crippen LogP contribution in [0.4, 0.5) is 0 Å². The Morgan fingerprint density at radius 3 is 2.78 bits per heavy atom. The van der Waals surface area contributed by atoms with Crippen molar-refractivity contribution in [3.05, 3.63) is 29.6 Å². The molecule has 0 spiro atoms. The molecule has 0 unspecified atom stereocenters. The van der Waals surface area contributed by atoms with Crippen molar-refractivity contribution in [3.63, 3.8) is 0 Å². The van der Waals surface area contributed by atoms with Crippen molar-refractivity contribution in [2.45, 2.75) is 32.2 Å². The van der Waals surface area contributed by atoms with Gasteiger partial charge < -0.3 is 10.6 Å². The first-order valence-corrected chi connectivity index (χ1v) is 6.61. The molecule has 2 N–H and O–H groups in total. The number of rotatable bonds is 5. The Morgan fingerprint density at radius 1 is 1.50 bits per heavy atom. The zero-order valence-corrected chi connectivity index (χ0v) is 10.9. The predicted molar refractivity (Wildman–Crippen MR) is 71.0 cm³/mol. The summed E-state index contributed by atoms with van der Waals surface area (Å²) >= 11 is 0. The fourth-order valence-corrected chi connectivity index (χ4v) is 2.13. The van der Waals surface area contributed by atoms with Crippen molar-refractivity contribution in [2.24, 2.45) is 11.7 Å². The van der Waals surface area contributed by atoms with Gasteiger partial charge in [-0.15, -0.1) is 0 Å². The Hall–Kier alpha value is -1.42. The van der Waals surface area contributed by atoms with E-state index in [2.05, 4.69) is 4.98 Å². The average Bonchev–Trinajstić information content (AvgIpc) is 2.36. The maximum atomic E-state index is 12.1. The first-order valence-electron chi connectivity index (χ1n) is 6.61. The largest absolute Gasteiger partial charge is 0.340 e. The van der Waals surface area contributed by atoms with Crippen molar-refractivity contribution in [3.8, 4) is 0 Å². The first-order chi connectivity index (χ1) is 8.70. The second-order valence-corrected chi connectivity index (χ2v) is 5.07. The number of nitrogens with two attached hydrogens (primary N) is 1. The molecule has 1 aromatic rings. The van der Waals surface area contributed by atoms with Crippen molar-refractivity contribution in [2.75, 3.05) is 13.6 Å². The molecule has 0 atom stereocenters. The maximum absolute atomic E-state index is 12.1. The number of aromatic nitrogens is 1. The number of carbonyl (C=O) groups is 1. The third kappa shape index (κ3) is 3.07. The molecular formula is C14H21N3O. The monoisotopic (exact) mass is 247 g/mol. The van der Waals surface area contributed by atoms with Gasteiger partial charge in [0.05, 0.1) is 0 Å². The second kappa shape index (κ2) is 5.96. The van der Waals surface area contributed by atoms with Crippen LogP contribution in [0.2, 0.25) is 0 Å². The Labute approximate surface area is 108 Å². The molecule has 1 amide bonds. The minimum absolute atomic E-state index is 0.00195. The Morgan fingerprint density at radius 2 is 2.28 bits per heavy atom. The van der Waals surface area contributed by atoms with E-state index in [1.807, 2.05) is 13.1 Å². The van der Waals surface area contributed by atoms with Crippen molar-refractivity contribution in [1.29, 1.82) is 0 Å². The van der Waals surface area contributed by atoms with E-state index >= 15 is 0 Å². The van der Waals surface area contributed by atoms with Crippen molar-refractivity contribution in [1.82, 2.24) is 9.88 Å². The maximum Gasteiger partial charge on any atom is 0.272 e. The van der Waals surface area contributed by atoms with Crippen LogP contribution >= 0.6 is 0 Å². The Balaban J connectivity index is 1.87. The van der Waals surface area contributed by atoms with Crippen LogP contribution in [0.1, 0.15) is 41.7 Å². The molecule has 2 rings (SSSR count). The summed E-state index contributed by atoms with van der Waals surface area (Å²) in [6.07, 6.45) is 6.79. The van der Waals surface area contributed by atoms with E-state index in [0.717, 1.165) is 24.4 Å². The fraction of sp³-hybridized carbons (Fsp3) is 0.571. The molecule has 0 saturated heterocycles. The molecule has 1 aliphatic rings. The minimum atomic E-state index is -0.00195. The number of pyridine rings is 1. The molecule has 1 aromatic heterocycles. The highest BCUT2D eigenvalue weighted by molar-refractivity contribution is 5.92. The number of hydrogen-bond donors (Lipinski definition) is 1. The molecule has 0 aliphatic heterocycles. The summed E-state index contributed by atoms with van der Waals surface area (Å²) < 4.78 is 0. The number of amides is 1. The average molecular weight is 247 g/mol. The normalized spacial score (nSPS) is 15.2. The first kappa shape index (κ1) is 13.0. The molecule has 1 fully saturated rings. The van der Waals surface area contributed by atoms with Crippen LogP contribution in [-0.4, -0.2) is 29.4 Å². The molecule has 18 heavy (non-hydrogen) atoms. The van der Waals surface area contributed by atoms with Gasteiger partial charge in [-0.05, 0) is 24.0 Å². The van der Waals surface area contributed by atoms with E-state index in [4.69, 9.17) is 5.73 Å². The molecule has 4 heteroatoms. The lowest BCUT2D eigenvalue weighted by Crippen LogP contribution is -2.30. The van der Waals surface area contributed by atoms with Crippen molar-refractivity contribution < 1.29 is 4.79 Å². The third-order valence-electron chi connectivity index (χ3n) is 3.72. The number of nitrogens with zero attached hydrogens (tertiary/aromatic N) is 2. The topological polar surface area (TPSA) is 59.2 Å². The highest BCUT2D eigenvalue weighted by Gasteiger charge is 2.19. The fourth-order valence-electron chi connectivity index (χ4n) is 2.13.